The predicted octanol–water partition coefficient (Wildman–Crippen LogP) is 4.90. The van der Waals surface area contributed by atoms with E-state index in [-0.39, 0.29) is 11.5 Å². The molecule has 0 atom stereocenters. The Hall–Kier alpha value is -3.31. The molecular formula is C22H17NO3S. The zero-order valence-electron chi connectivity index (χ0n) is 14.4. The molecule has 0 saturated carbocycles. The van der Waals surface area contributed by atoms with Gasteiger partial charge in [0, 0.05) is 15.4 Å². The first-order valence-corrected chi connectivity index (χ1v) is 9.04. The molecule has 0 aliphatic heterocycles. The molecular weight excluding hydrogens is 358 g/mol. The number of hydrogen-bond acceptors (Lipinski definition) is 5. The summed E-state index contributed by atoms with van der Waals surface area (Å²) in [5, 5.41) is 0. The lowest BCUT2D eigenvalue weighted by atomic mass is 10.1. The maximum Gasteiger partial charge on any atom is 0.362 e. The zero-order chi connectivity index (χ0) is 19.1. The molecule has 27 heavy (non-hydrogen) atoms. The molecule has 0 spiro atoms. The topological polar surface area (TPSA) is 55.4 Å². The van der Waals surface area contributed by atoms with Crippen molar-refractivity contribution in [2.75, 3.05) is 0 Å². The number of hydrogen-bond donors (Lipinski definition) is 1. The molecule has 3 rings (SSSR count). The maximum absolute atomic E-state index is 12.4. The van der Waals surface area contributed by atoms with E-state index < -0.39 is 5.97 Å². The fourth-order valence-electron chi connectivity index (χ4n) is 2.26. The van der Waals surface area contributed by atoms with Gasteiger partial charge in [0.05, 0.1) is 5.56 Å². The smallest absolute Gasteiger partial charge is 0.338 e. The van der Waals surface area contributed by atoms with Gasteiger partial charge in [-0.15, -0.1) is 0 Å². The van der Waals surface area contributed by atoms with Gasteiger partial charge in [0.1, 0.15) is 5.70 Å². The molecule has 0 unspecified atom stereocenters. The summed E-state index contributed by atoms with van der Waals surface area (Å²) in [4.78, 5) is 31.4. The molecule has 0 aromatic heterocycles. The van der Waals surface area contributed by atoms with E-state index in [0.717, 1.165) is 9.79 Å². The van der Waals surface area contributed by atoms with Gasteiger partial charge < -0.3 is 4.84 Å². The highest BCUT2D eigenvalue weighted by Crippen LogP contribution is 2.27. The van der Waals surface area contributed by atoms with Crippen LogP contribution in [0.1, 0.15) is 20.7 Å². The fourth-order valence-corrected chi connectivity index (χ4v) is 3.10. The quantitative estimate of drug-likeness (QED) is 0.362. The molecule has 0 amide bonds. The number of carbonyl (C=O) groups is 2. The van der Waals surface area contributed by atoms with Crippen molar-refractivity contribution in [3.8, 4) is 0 Å². The summed E-state index contributed by atoms with van der Waals surface area (Å²) in [6, 6.07) is 25.7. The Kier molecular flexibility index (Phi) is 6.07. The standard InChI is InChI=1S/C22H17NO3S/c1-16(23-26-22(25)18-8-4-2-5-9-18)21(24)17-12-14-20(15-13-17)27-19-10-6-3-7-11-19/h2-15,23H,1H2. The first kappa shape index (κ1) is 18.5. The number of benzene rings is 3. The van der Waals surface area contributed by atoms with Crippen LogP contribution >= 0.6 is 11.8 Å². The van der Waals surface area contributed by atoms with Crippen LogP contribution in [0.4, 0.5) is 0 Å². The number of Topliss-reactive ketones (excluding diaryl/α,β-unsaturated/α-hetero) is 1. The average molecular weight is 375 g/mol. The second-order valence-electron chi connectivity index (χ2n) is 5.60. The summed E-state index contributed by atoms with van der Waals surface area (Å²) in [6.07, 6.45) is 0. The van der Waals surface area contributed by atoms with E-state index in [1.165, 1.54) is 0 Å². The molecule has 0 fully saturated rings. The van der Waals surface area contributed by atoms with E-state index in [0.29, 0.717) is 11.1 Å². The molecule has 3 aromatic rings. The van der Waals surface area contributed by atoms with E-state index in [4.69, 9.17) is 4.84 Å². The molecule has 1 N–H and O–H groups in total. The van der Waals surface area contributed by atoms with Gasteiger partial charge in [0.15, 0.2) is 0 Å². The van der Waals surface area contributed by atoms with Crippen molar-refractivity contribution in [2.45, 2.75) is 9.79 Å². The molecule has 0 radical (unpaired) electrons. The number of allylic oxidation sites excluding steroid dienone is 1. The summed E-state index contributed by atoms with van der Waals surface area (Å²) in [6.45, 7) is 3.64. The van der Waals surface area contributed by atoms with Gasteiger partial charge in [-0.2, -0.15) is 0 Å². The Bertz CT molecular complexity index is 938. The lowest BCUT2D eigenvalue weighted by Crippen LogP contribution is -2.23. The number of ketones is 1. The summed E-state index contributed by atoms with van der Waals surface area (Å²) < 4.78 is 0. The zero-order valence-corrected chi connectivity index (χ0v) is 15.2. The van der Waals surface area contributed by atoms with Crippen LogP contribution in [0, 0.1) is 0 Å². The Morgan fingerprint density at radius 1 is 0.741 bits per heavy atom. The minimum absolute atomic E-state index is 0.0113. The highest BCUT2D eigenvalue weighted by Gasteiger charge is 2.13. The van der Waals surface area contributed by atoms with Crippen molar-refractivity contribution < 1.29 is 14.4 Å². The predicted molar refractivity (Wildman–Crippen MR) is 105 cm³/mol. The Balaban J connectivity index is 1.56. The molecule has 3 aromatic carbocycles. The Morgan fingerprint density at radius 2 is 1.30 bits per heavy atom. The van der Waals surface area contributed by atoms with Gasteiger partial charge in [-0.05, 0) is 48.5 Å². The lowest BCUT2D eigenvalue weighted by Gasteiger charge is -2.09. The van der Waals surface area contributed by atoms with Gasteiger partial charge in [-0.1, -0.05) is 54.7 Å². The molecule has 5 heteroatoms. The van der Waals surface area contributed by atoms with Crippen molar-refractivity contribution in [3.05, 3.63) is 108 Å². The molecule has 0 heterocycles. The molecule has 134 valence electrons. The van der Waals surface area contributed by atoms with E-state index in [9.17, 15) is 9.59 Å². The van der Waals surface area contributed by atoms with Crippen LogP contribution in [0.3, 0.4) is 0 Å². The van der Waals surface area contributed by atoms with Crippen LogP contribution < -0.4 is 5.48 Å². The van der Waals surface area contributed by atoms with Gasteiger partial charge in [0.2, 0.25) is 5.78 Å². The molecule has 0 aliphatic carbocycles. The third-order valence-corrected chi connectivity index (χ3v) is 4.66. The van der Waals surface area contributed by atoms with Crippen molar-refractivity contribution in [1.29, 1.82) is 0 Å². The van der Waals surface area contributed by atoms with Gasteiger partial charge in [0.25, 0.3) is 0 Å². The first-order chi connectivity index (χ1) is 13.1. The number of rotatable bonds is 7. The third kappa shape index (κ3) is 5.09. The second-order valence-corrected chi connectivity index (χ2v) is 6.75. The van der Waals surface area contributed by atoms with Crippen LogP contribution in [-0.4, -0.2) is 11.8 Å². The second kappa shape index (κ2) is 8.87. The minimum Gasteiger partial charge on any atom is -0.338 e. The molecule has 0 bridgehead atoms. The monoisotopic (exact) mass is 375 g/mol. The van der Waals surface area contributed by atoms with Crippen LogP contribution in [-0.2, 0) is 4.84 Å². The van der Waals surface area contributed by atoms with E-state index in [2.05, 4.69) is 12.1 Å². The van der Waals surface area contributed by atoms with Crippen LogP contribution in [0.2, 0.25) is 0 Å². The summed E-state index contributed by atoms with van der Waals surface area (Å²) in [7, 11) is 0. The van der Waals surface area contributed by atoms with Crippen molar-refractivity contribution >= 4 is 23.5 Å². The molecule has 0 saturated heterocycles. The third-order valence-electron chi connectivity index (χ3n) is 3.65. The van der Waals surface area contributed by atoms with Crippen LogP contribution in [0.25, 0.3) is 0 Å². The van der Waals surface area contributed by atoms with Gasteiger partial charge in [-0.3, -0.25) is 4.79 Å². The number of nitrogens with one attached hydrogen (secondary N) is 1. The van der Waals surface area contributed by atoms with Crippen molar-refractivity contribution in [2.24, 2.45) is 0 Å². The number of hydroxylamine groups is 1. The largest absolute Gasteiger partial charge is 0.362 e. The van der Waals surface area contributed by atoms with Crippen molar-refractivity contribution in [1.82, 2.24) is 5.48 Å². The van der Waals surface area contributed by atoms with Crippen LogP contribution in [0.15, 0.2) is 107 Å². The van der Waals surface area contributed by atoms with E-state index >= 15 is 0 Å². The van der Waals surface area contributed by atoms with E-state index in [1.54, 1.807) is 54.2 Å². The van der Waals surface area contributed by atoms with Gasteiger partial charge >= 0.3 is 5.97 Å². The maximum atomic E-state index is 12.4. The fraction of sp³-hybridized carbons (Fsp3) is 0. The summed E-state index contributed by atoms with van der Waals surface area (Å²) in [5.41, 5.74) is 3.16. The van der Waals surface area contributed by atoms with Crippen molar-refractivity contribution in [3.63, 3.8) is 0 Å². The normalized spacial score (nSPS) is 10.1. The lowest BCUT2D eigenvalue weighted by molar-refractivity contribution is 0.0321. The highest BCUT2D eigenvalue weighted by molar-refractivity contribution is 7.99. The first-order valence-electron chi connectivity index (χ1n) is 8.22. The summed E-state index contributed by atoms with van der Waals surface area (Å²) in [5.74, 6) is -0.925. The summed E-state index contributed by atoms with van der Waals surface area (Å²) >= 11 is 1.61. The Morgan fingerprint density at radius 3 is 1.93 bits per heavy atom. The SMILES string of the molecule is C=C(NOC(=O)c1ccccc1)C(=O)c1ccc(Sc2ccccc2)cc1. The van der Waals surface area contributed by atoms with Crippen LogP contribution in [0.5, 0.6) is 0 Å². The van der Waals surface area contributed by atoms with E-state index in [1.807, 2.05) is 42.5 Å². The average Bonchev–Trinajstić information content (AvgIpc) is 2.73. The molecule has 0 aliphatic rings. The minimum atomic E-state index is -0.584. The highest BCUT2D eigenvalue weighted by atomic mass is 32.2. The molecule has 4 nitrogen and oxygen atoms in total. The number of carbonyl (C=O) groups excluding carboxylic acids is 2. The van der Waals surface area contributed by atoms with Gasteiger partial charge in [-0.25, -0.2) is 10.3 Å². The Labute approximate surface area is 161 Å².